The van der Waals surface area contributed by atoms with Gasteiger partial charge in [0.25, 0.3) is 0 Å². The molecule has 20 heavy (non-hydrogen) atoms. The maximum Gasteiger partial charge on any atom is 0.204 e. The van der Waals surface area contributed by atoms with E-state index in [1.807, 2.05) is 0 Å². The molecule has 112 valence electrons. The van der Waals surface area contributed by atoms with E-state index in [0.717, 1.165) is 36.9 Å². The van der Waals surface area contributed by atoms with Gasteiger partial charge in [0.15, 0.2) is 11.6 Å². The van der Waals surface area contributed by atoms with Crippen LogP contribution in [0.4, 0.5) is 11.6 Å². The highest BCUT2D eigenvalue weighted by molar-refractivity contribution is 5.65. The van der Waals surface area contributed by atoms with E-state index in [1.165, 1.54) is 12.8 Å². The van der Waals surface area contributed by atoms with E-state index < -0.39 is 0 Å². The SMILES string of the molecule is CCCNc1ncnc(N2CCCC2C(C)C)c1OC. The Hall–Kier alpha value is -1.52. The molecule has 0 radical (unpaired) electrons. The van der Waals surface area contributed by atoms with Crippen LogP contribution in [0.3, 0.4) is 0 Å². The zero-order valence-corrected chi connectivity index (χ0v) is 13.0. The second-order valence-corrected chi connectivity index (χ2v) is 5.65. The van der Waals surface area contributed by atoms with Crippen molar-refractivity contribution in [3.05, 3.63) is 6.33 Å². The third-order valence-corrected chi connectivity index (χ3v) is 3.87. The van der Waals surface area contributed by atoms with Crippen LogP contribution in [0.5, 0.6) is 5.75 Å². The molecule has 5 nitrogen and oxygen atoms in total. The number of anilines is 2. The number of ether oxygens (including phenoxy) is 1. The molecular weight excluding hydrogens is 252 g/mol. The average Bonchev–Trinajstić information content (AvgIpc) is 2.93. The largest absolute Gasteiger partial charge is 0.490 e. The van der Waals surface area contributed by atoms with Crippen molar-refractivity contribution in [3.8, 4) is 5.75 Å². The Bertz CT molecular complexity index is 436. The summed E-state index contributed by atoms with van der Waals surface area (Å²) >= 11 is 0. The molecule has 0 aliphatic carbocycles. The summed E-state index contributed by atoms with van der Waals surface area (Å²) in [5.74, 6) is 3.11. The molecule has 0 spiro atoms. The Labute approximate surface area is 121 Å². The highest BCUT2D eigenvalue weighted by Crippen LogP contribution is 2.37. The maximum absolute atomic E-state index is 5.58. The molecule has 1 aromatic heterocycles. The van der Waals surface area contributed by atoms with Gasteiger partial charge in [0.2, 0.25) is 5.75 Å². The number of nitrogens with zero attached hydrogens (tertiary/aromatic N) is 3. The number of aromatic nitrogens is 2. The van der Waals surface area contributed by atoms with E-state index in [0.29, 0.717) is 12.0 Å². The molecule has 0 aromatic carbocycles. The first-order valence-corrected chi connectivity index (χ1v) is 7.58. The number of hydrogen-bond donors (Lipinski definition) is 1. The van der Waals surface area contributed by atoms with E-state index in [2.05, 4.69) is 41.0 Å². The molecule has 0 saturated carbocycles. The van der Waals surface area contributed by atoms with Gasteiger partial charge in [0.05, 0.1) is 7.11 Å². The molecule has 2 rings (SSSR count). The minimum absolute atomic E-state index is 0.540. The van der Waals surface area contributed by atoms with Crippen molar-refractivity contribution in [2.45, 2.75) is 46.1 Å². The van der Waals surface area contributed by atoms with E-state index in [9.17, 15) is 0 Å². The molecular formula is C15H26N4O. The molecule has 1 aliphatic heterocycles. The quantitative estimate of drug-likeness (QED) is 0.867. The van der Waals surface area contributed by atoms with Crippen molar-refractivity contribution in [1.82, 2.24) is 9.97 Å². The average molecular weight is 278 g/mol. The van der Waals surface area contributed by atoms with Gasteiger partial charge in [-0.1, -0.05) is 20.8 Å². The summed E-state index contributed by atoms with van der Waals surface area (Å²) in [7, 11) is 1.69. The smallest absolute Gasteiger partial charge is 0.204 e. The molecule has 5 heteroatoms. The van der Waals surface area contributed by atoms with Crippen LogP contribution >= 0.6 is 0 Å². The molecule has 0 amide bonds. The molecule has 1 aromatic rings. The minimum atomic E-state index is 0.540. The van der Waals surface area contributed by atoms with Gasteiger partial charge < -0.3 is 15.0 Å². The molecule has 1 aliphatic rings. The second-order valence-electron chi connectivity index (χ2n) is 5.65. The van der Waals surface area contributed by atoms with Crippen LogP contribution < -0.4 is 15.0 Å². The monoisotopic (exact) mass is 278 g/mol. The molecule has 1 saturated heterocycles. The van der Waals surface area contributed by atoms with Gasteiger partial charge in [0.1, 0.15) is 6.33 Å². The Morgan fingerprint density at radius 2 is 2.25 bits per heavy atom. The fourth-order valence-corrected chi connectivity index (χ4v) is 2.87. The van der Waals surface area contributed by atoms with Crippen LogP contribution in [0, 0.1) is 5.92 Å². The van der Waals surface area contributed by atoms with Crippen molar-refractivity contribution in [2.24, 2.45) is 5.92 Å². The highest BCUT2D eigenvalue weighted by atomic mass is 16.5. The standard InChI is InChI=1S/C15H26N4O/c1-5-8-16-14-13(20-4)15(18-10-17-14)19-9-6-7-12(19)11(2)3/h10-12H,5-9H2,1-4H3,(H,16,17,18). The van der Waals surface area contributed by atoms with Crippen LogP contribution in [0.15, 0.2) is 6.33 Å². The van der Waals surface area contributed by atoms with Gasteiger partial charge in [-0.2, -0.15) is 0 Å². The van der Waals surface area contributed by atoms with Gasteiger partial charge >= 0.3 is 0 Å². The molecule has 1 N–H and O–H groups in total. The minimum Gasteiger partial charge on any atom is -0.490 e. The predicted octanol–water partition coefficient (Wildman–Crippen LogP) is 2.93. The van der Waals surface area contributed by atoms with Crippen LogP contribution in [-0.2, 0) is 0 Å². The summed E-state index contributed by atoms with van der Waals surface area (Å²) in [6.45, 7) is 8.61. The number of hydrogen-bond acceptors (Lipinski definition) is 5. The lowest BCUT2D eigenvalue weighted by atomic mass is 10.0. The summed E-state index contributed by atoms with van der Waals surface area (Å²) in [5, 5.41) is 3.32. The lowest BCUT2D eigenvalue weighted by Crippen LogP contribution is -2.34. The molecule has 1 fully saturated rings. The number of rotatable bonds is 6. The van der Waals surface area contributed by atoms with Crippen LogP contribution in [0.25, 0.3) is 0 Å². The lowest BCUT2D eigenvalue weighted by molar-refractivity contribution is 0.408. The van der Waals surface area contributed by atoms with E-state index in [-0.39, 0.29) is 0 Å². The second kappa shape index (κ2) is 6.77. The molecule has 1 atom stereocenters. The van der Waals surface area contributed by atoms with Crippen molar-refractivity contribution < 1.29 is 4.74 Å². The zero-order chi connectivity index (χ0) is 14.5. The fraction of sp³-hybridized carbons (Fsp3) is 0.733. The number of methoxy groups -OCH3 is 1. The Morgan fingerprint density at radius 3 is 2.90 bits per heavy atom. The topological polar surface area (TPSA) is 50.3 Å². The summed E-state index contributed by atoms with van der Waals surface area (Å²) in [6.07, 6.45) is 5.13. The predicted molar refractivity (Wildman–Crippen MR) is 82.6 cm³/mol. The zero-order valence-electron chi connectivity index (χ0n) is 13.0. The molecule has 0 bridgehead atoms. The summed E-state index contributed by atoms with van der Waals surface area (Å²) in [5.41, 5.74) is 0. The van der Waals surface area contributed by atoms with Gasteiger partial charge in [-0.15, -0.1) is 0 Å². The fourth-order valence-electron chi connectivity index (χ4n) is 2.87. The number of nitrogens with one attached hydrogen (secondary N) is 1. The first kappa shape index (κ1) is 14.9. The van der Waals surface area contributed by atoms with Crippen molar-refractivity contribution in [2.75, 3.05) is 30.4 Å². The van der Waals surface area contributed by atoms with Crippen LogP contribution in [-0.4, -0.2) is 36.2 Å². The third kappa shape index (κ3) is 2.97. The summed E-state index contributed by atoms with van der Waals surface area (Å²) in [6, 6.07) is 0.540. The normalized spacial score (nSPS) is 18.6. The van der Waals surface area contributed by atoms with Crippen LogP contribution in [0.2, 0.25) is 0 Å². The Morgan fingerprint density at radius 1 is 1.45 bits per heavy atom. The summed E-state index contributed by atoms with van der Waals surface area (Å²) in [4.78, 5) is 11.2. The molecule has 2 heterocycles. The van der Waals surface area contributed by atoms with Gasteiger partial charge in [-0.25, -0.2) is 9.97 Å². The van der Waals surface area contributed by atoms with Crippen LogP contribution in [0.1, 0.15) is 40.0 Å². The summed E-state index contributed by atoms with van der Waals surface area (Å²) < 4.78 is 5.58. The van der Waals surface area contributed by atoms with Gasteiger partial charge in [-0.05, 0) is 25.2 Å². The van der Waals surface area contributed by atoms with E-state index in [1.54, 1.807) is 13.4 Å². The van der Waals surface area contributed by atoms with Gasteiger partial charge in [0, 0.05) is 19.1 Å². The van der Waals surface area contributed by atoms with Crippen molar-refractivity contribution in [3.63, 3.8) is 0 Å². The van der Waals surface area contributed by atoms with Gasteiger partial charge in [-0.3, -0.25) is 0 Å². The third-order valence-electron chi connectivity index (χ3n) is 3.87. The molecule has 1 unspecified atom stereocenters. The van der Waals surface area contributed by atoms with Crippen molar-refractivity contribution >= 4 is 11.6 Å². The first-order valence-electron chi connectivity index (χ1n) is 7.58. The Kier molecular flexibility index (Phi) is 5.04. The van der Waals surface area contributed by atoms with E-state index >= 15 is 0 Å². The van der Waals surface area contributed by atoms with Crippen molar-refractivity contribution in [1.29, 1.82) is 0 Å². The lowest BCUT2D eigenvalue weighted by Gasteiger charge is -2.30. The Balaban J connectivity index is 2.30. The first-order chi connectivity index (χ1) is 9.69. The highest BCUT2D eigenvalue weighted by Gasteiger charge is 2.31. The maximum atomic E-state index is 5.58. The van der Waals surface area contributed by atoms with E-state index in [4.69, 9.17) is 4.74 Å².